The molecule has 1 amide bonds. The first kappa shape index (κ1) is 11.9. The highest BCUT2D eigenvalue weighted by molar-refractivity contribution is 5.67. The number of nitrogens with one attached hydrogen (secondary N) is 1. The zero-order chi connectivity index (χ0) is 11.9. The second kappa shape index (κ2) is 6.25. The Balaban J connectivity index is 1.70. The van der Waals surface area contributed by atoms with Gasteiger partial charge in [-0.1, -0.05) is 30.3 Å². The Kier molecular flexibility index (Phi) is 4.38. The van der Waals surface area contributed by atoms with Gasteiger partial charge in [0, 0.05) is 6.61 Å². The Morgan fingerprint density at radius 3 is 2.94 bits per heavy atom. The van der Waals surface area contributed by atoms with Crippen LogP contribution in [0.3, 0.4) is 0 Å². The van der Waals surface area contributed by atoms with Crippen molar-refractivity contribution in [3.63, 3.8) is 0 Å². The Bertz CT molecular complexity index is 347. The van der Waals surface area contributed by atoms with Crippen molar-refractivity contribution in [3.05, 3.63) is 35.9 Å². The molecule has 4 nitrogen and oxygen atoms in total. The molecular weight excluding hydrogens is 218 g/mol. The zero-order valence-electron chi connectivity index (χ0n) is 9.72. The Morgan fingerprint density at radius 2 is 2.24 bits per heavy atom. The second-order valence-corrected chi connectivity index (χ2v) is 4.12. The van der Waals surface area contributed by atoms with E-state index < -0.39 is 0 Å². The summed E-state index contributed by atoms with van der Waals surface area (Å²) in [5, 5.41) is 2.80. The first-order chi connectivity index (χ1) is 8.34. The summed E-state index contributed by atoms with van der Waals surface area (Å²) in [7, 11) is 0. The number of rotatable bonds is 3. The van der Waals surface area contributed by atoms with E-state index in [1.807, 2.05) is 30.3 Å². The Labute approximate surface area is 101 Å². The molecule has 1 heterocycles. The number of carbonyl (C=O) groups excluding carboxylic acids is 1. The molecule has 0 spiro atoms. The highest BCUT2D eigenvalue weighted by atomic mass is 16.5. The lowest BCUT2D eigenvalue weighted by Crippen LogP contribution is -2.40. The van der Waals surface area contributed by atoms with Gasteiger partial charge >= 0.3 is 6.09 Å². The number of carbonyl (C=O) groups is 1. The number of alkyl carbamates (subject to hydrolysis) is 1. The molecule has 1 N–H and O–H groups in total. The van der Waals surface area contributed by atoms with E-state index in [4.69, 9.17) is 9.47 Å². The second-order valence-electron chi connectivity index (χ2n) is 4.12. The van der Waals surface area contributed by atoms with Crippen molar-refractivity contribution in [1.29, 1.82) is 0 Å². The third-order valence-corrected chi connectivity index (χ3v) is 2.70. The van der Waals surface area contributed by atoms with Crippen molar-refractivity contribution in [2.75, 3.05) is 13.2 Å². The highest BCUT2D eigenvalue weighted by Crippen LogP contribution is 2.06. The first-order valence-corrected chi connectivity index (χ1v) is 5.89. The molecule has 0 aromatic heterocycles. The first-order valence-electron chi connectivity index (χ1n) is 5.89. The molecule has 1 aliphatic heterocycles. The van der Waals surface area contributed by atoms with Gasteiger partial charge in [0.15, 0.2) is 0 Å². The van der Waals surface area contributed by atoms with Gasteiger partial charge in [0.05, 0.1) is 12.6 Å². The Morgan fingerprint density at radius 1 is 1.41 bits per heavy atom. The van der Waals surface area contributed by atoms with E-state index in [1.165, 1.54) is 0 Å². The van der Waals surface area contributed by atoms with Gasteiger partial charge in [-0.15, -0.1) is 0 Å². The summed E-state index contributed by atoms with van der Waals surface area (Å²) in [4.78, 5) is 11.5. The van der Waals surface area contributed by atoms with Crippen molar-refractivity contribution in [2.24, 2.45) is 0 Å². The molecule has 0 aliphatic carbocycles. The van der Waals surface area contributed by atoms with Crippen LogP contribution in [0.1, 0.15) is 18.4 Å². The number of ether oxygens (including phenoxy) is 2. The molecule has 1 aromatic rings. The summed E-state index contributed by atoms with van der Waals surface area (Å²) in [6.45, 7) is 1.68. The van der Waals surface area contributed by atoms with E-state index in [9.17, 15) is 4.79 Å². The van der Waals surface area contributed by atoms with Gasteiger partial charge in [-0.3, -0.25) is 0 Å². The molecule has 1 unspecified atom stereocenters. The number of hydrogen-bond donors (Lipinski definition) is 1. The molecule has 1 aliphatic rings. The molecule has 4 heteroatoms. The van der Waals surface area contributed by atoms with Gasteiger partial charge < -0.3 is 14.8 Å². The van der Waals surface area contributed by atoms with Crippen LogP contribution in [0.2, 0.25) is 0 Å². The fourth-order valence-electron chi connectivity index (χ4n) is 1.79. The van der Waals surface area contributed by atoms with Crippen LogP contribution in [-0.2, 0) is 16.1 Å². The summed E-state index contributed by atoms with van der Waals surface area (Å²) < 4.78 is 10.4. The smallest absolute Gasteiger partial charge is 0.407 e. The van der Waals surface area contributed by atoms with Crippen molar-refractivity contribution in [1.82, 2.24) is 5.32 Å². The lowest BCUT2D eigenvalue weighted by molar-refractivity contribution is 0.0642. The predicted octanol–water partition coefficient (Wildman–Crippen LogP) is 2.09. The minimum absolute atomic E-state index is 0.0898. The van der Waals surface area contributed by atoms with Gasteiger partial charge in [-0.25, -0.2) is 4.79 Å². The quantitative estimate of drug-likeness (QED) is 0.872. The maximum atomic E-state index is 11.5. The molecular formula is C13H17NO3. The predicted molar refractivity (Wildman–Crippen MR) is 63.6 cm³/mol. The van der Waals surface area contributed by atoms with Gasteiger partial charge in [-0.2, -0.15) is 0 Å². The van der Waals surface area contributed by atoms with E-state index in [0.29, 0.717) is 13.2 Å². The summed E-state index contributed by atoms with van der Waals surface area (Å²) in [5.74, 6) is 0. The molecule has 0 saturated carbocycles. The van der Waals surface area contributed by atoms with Crippen LogP contribution in [0.4, 0.5) is 4.79 Å². The van der Waals surface area contributed by atoms with E-state index in [1.54, 1.807) is 0 Å². The van der Waals surface area contributed by atoms with Crippen molar-refractivity contribution in [3.8, 4) is 0 Å². The van der Waals surface area contributed by atoms with E-state index in [0.717, 1.165) is 25.0 Å². The lowest BCUT2D eigenvalue weighted by atomic mass is 10.1. The third-order valence-electron chi connectivity index (χ3n) is 2.70. The maximum Gasteiger partial charge on any atom is 0.407 e. The minimum Gasteiger partial charge on any atom is -0.445 e. The maximum absolute atomic E-state index is 11.5. The molecule has 1 fully saturated rings. The molecule has 92 valence electrons. The molecule has 1 aromatic carbocycles. The van der Waals surface area contributed by atoms with Crippen LogP contribution >= 0.6 is 0 Å². The van der Waals surface area contributed by atoms with Gasteiger partial charge in [0.2, 0.25) is 0 Å². The average Bonchev–Trinajstić information content (AvgIpc) is 2.39. The topological polar surface area (TPSA) is 47.6 Å². The van der Waals surface area contributed by atoms with Crippen LogP contribution in [0.5, 0.6) is 0 Å². The average molecular weight is 235 g/mol. The van der Waals surface area contributed by atoms with Crippen LogP contribution in [-0.4, -0.2) is 25.3 Å². The Hall–Kier alpha value is -1.55. The largest absolute Gasteiger partial charge is 0.445 e. The van der Waals surface area contributed by atoms with Crippen LogP contribution in [0.25, 0.3) is 0 Å². The van der Waals surface area contributed by atoms with Crippen molar-refractivity contribution >= 4 is 6.09 Å². The summed E-state index contributed by atoms with van der Waals surface area (Å²) in [5.41, 5.74) is 0.988. The lowest BCUT2D eigenvalue weighted by Gasteiger charge is -2.22. The van der Waals surface area contributed by atoms with E-state index in [2.05, 4.69) is 5.32 Å². The molecule has 2 rings (SSSR count). The van der Waals surface area contributed by atoms with Gasteiger partial charge in [0.25, 0.3) is 0 Å². The highest BCUT2D eigenvalue weighted by Gasteiger charge is 2.16. The van der Waals surface area contributed by atoms with Crippen LogP contribution in [0, 0.1) is 0 Å². The van der Waals surface area contributed by atoms with E-state index in [-0.39, 0.29) is 12.1 Å². The summed E-state index contributed by atoms with van der Waals surface area (Å²) in [6.07, 6.45) is 1.58. The number of benzene rings is 1. The van der Waals surface area contributed by atoms with Gasteiger partial charge in [-0.05, 0) is 18.4 Å². The zero-order valence-corrected chi connectivity index (χ0v) is 9.72. The van der Waals surface area contributed by atoms with Crippen LogP contribution < -0.4 is 5.32 Å². The molecule has 0 radical (unpaired) electrons. The SMILES string of the molecule is O=C(NC1CCCOC1)OCc1ccccc1. The monoisotopic (exact) mass is 235 g/mol. The fraction of sp³-hybridized carbons (Fsp3) is 0.462. The summed E-state index contributed by atoms with van der Waals surface area (Å²) >= 11 is 0. The normalized spacial score (nSPS) is 19.6. The fourth-order valence-corrected chi connectivity index (χ4v) is 1.79. The third kappa shape index (κ3) is 4.07. The standard InChI is InChI=1S/C13H17NO3/c15-13(14-12-7-4-8-16-10-12)17-9-11-5-2-1-3-6-11/h1-3,5-6,12H,4,7-10H2,(H,14,15). The van der Waals surface area contributed by atoms with Crippen molar-refractivity contribution in [2.45, 2.75) is 25.5 Å². The minimum atomic E-state index is -0.371. The van der Waals surface area contributed by atoms with Crippen molar-refractivity contribution < 1.29 is 14.3 Å². The van der Waals surface area contributed by atoms with Crippen LogP contribution in [0.15, 0.2) is 30.3 Å². The summed E-state index contributed by atoms with van der Waals surface area (Å²) in [6, 6.07) is 9.72. The molecule has 17 heavy (non-hydrogen) atoms. The molecule has 1 saturated heterocycles. The number of amides is 1. The number of hydrogen-bond acceptors (Lipinski definition) is 3. The van der Waals surface area contributed by atoms with E-state index >= 15 is 0 Å². The molecule has 0 bridgehead atoms. The van der Waals surface area contributed by atoms with Gasteiger partial charge in [0.1, 0.15) is 6.61 Å². The molecule has 1 atom stereocenters.